The van der Waals surface area contributed by atoms with Gasteiger partial charge in [0.2, 0.25) is 0 Å². The lowest BCUT2D eigenvalue weighted by Crippen LogP contribution is -2.26. The van der Waals surface area contributed by atoms with Gasteiger partial charge in [-0.3, -0.25) is 0 Å². The third kappa shape index (κ3) is 1.59. The first-order valence-electron chi connectivity index (χ1n) is 3.40. The van der Waals surface area contributed by atoms with Crippen LogP contribution in [0.5, 0.6) is 0 Å². The molecule has 0 aliphatic carbocycles. The highest BCUT2D eigenvalue weighted by Crippen LogP contribution is 2.30. The van der Waals surface area contributed by atoms with Crippen LogP contribution in [0.1, 0.15) is 26.7 Å². The van der Waals surface area contributed by atoms with Crippen molar-refractivity contribution in [1.29, 1.82) is 0 Å². The Morgan fingerprint density at radius 3 is 2.67 bits per heavy atom. The Bertz CT molecular complexity index is 105. The quantitative estimate of drug-likeness (QED) is 0.518. The lowest BCUT2D eigenvalue weighted by atomic mass is 10.1. The smallest absolute Gasteiger partial charge is 0.0793 e. The second kappa shape index (κ2) is 2.47. The zero-order chi connectivity index (χ0) is 6.91. The van der Waals surface area contributed by atoms with Crippen molar-refractivity contribution in [2.45, 2.75) is 38.4 Å². The van der Waals surface area contributed by atoms with Crippen molar-refractivity contribution in [1.82, 2.24) is 0 Å². The summed E-state index contributed by atoms with van der Waals surface area (Å²) in [5.74, 6) is 0.622. The molecule has 0 aromatic heterocycles. The van der Waals surface area contributed by atoms with Crippen molar-refractivity contribution < 1.29 is 4.74 Å². The Morgan fingerprint density at radius 1 is 1.78 bits per heavy atom. The van der Waals surface area contributed by atoms with Gasteiger partial charge in [-0.2, -0.15) is 0 Å². The number of halogens is 1. The fourth-order valence-corrected chi connectivity index (χ4v) is 1.41. The van der Waals surface area contributed by atoms with Crippen LogP contribution in [0.25, 0.3) is 0 Å². The van der Waals surface area contributed by atoms with Crippen LogP contribution in [0, 0.1) is 0 Å². The van der Waals surface area contributed by atoms with Gasteiger partial charge in [-0.05, 0) is 26.7 Å². The molecule has 1 nitrogen and oxygen atoms in total. The summed E-state index contributed by atoms with van der Waals surface area (Å²) in [6.45, 7) is 4.17. The number of hydrogen-bond acceptors (Lipinski definition) is 1. The molecule has 0 aromatic rings. The molecule has 0 radical (unpaired) electrons. The van der Waals surface area contributed by atoms with Crippen molar-refractivity contribution in [3.05, 3.63) is 0 Å². The molecule has 1 aliphatic heterocycles. The second-order valence-corrected chi connectivity index (χ2v) is 3.32. The Hall–Kier alpha value is 0.250. The third-order valence-electron chi connectivity index (χ3n) is 1.85. The summed E-state index contributed by atoms with van der Waals surface area (Å²) in [4.78, 5) is 0. The molecule has 1 aliphatic rings. The SMILES string of the molecule is C[C@H]1CC[C@](C)(CCl)O1. The van der Waals surface area contributed by atoms with Crippen molar-refractivity contribution in [3.63, 3.8) is 0 Å². The van der Waals surface area contributed by atoms with Crippen molar-refractivity contribution in [2.75, 3.05) is 5.88 Å². The Labute approximate surface area is 61.3 Å². The number of rotatable bonds is 1. The molecule has 1 rings (SSSR count). The zero-order valence-corrected chi connectivity index (χ0v) is 6.74. The number of alkyl halides is 1. The molecule has 2 heteroatoms. The molecule has 0 amide bonds. The van der Waals surface area contributed by atoms with Crippen LogP contribution in [0.2, 0.25) is 0 Å². The maximum atomic E-state index is 5.69. The molecule has 54 valence electrons. The standard InChI is InChI=1S/C7H13ClO/c1-6-3-4-7(2,5-8)9-6/h6H,3-5H2,1-2H3/t6-,7+/m0/s1. The van der Waals surface area contributed by atoms with E-state index in [0.717, 1.165) is 12.8 Å². The molecule has 0 saturated carbocycles. The van der Waals surface area contributed by atoms with E-state index >= 15 is 0 Å². The predicted molar refractivity (Wildman–Crippen MR) is 38.9 cm³/mol. The van der Waals surface area contributed by atoms with Crippen molar-refractivity contribution >= 4 is 11.6 Å². The van der Waals surface area contributed by atoms with E-state index in [-0.39, 0.29) is 5.60 Å². The van der Waals surface area contributed by atoms with Gasteiger partial charge in [-0.15, -0.1) is 11.6 Å². The summed E-state index contributed by atoms with van der Waals surface area (Å²) in [6, 6.07) is 0. The van der Waals surface area contributed by atoms with E-state index in [1.54, 1.807) is 0 Å². The molecule has 9 heavy (non-hydrogen) atoms. The van der Waals surface area contributed by atoms with E-state index < -0.39 is 0 Å². The Balaban J connectivity index is 2.45. The number of hydrogen-bond donors (Lipinski definition) is 0. The fraction of sp³-hybridized carbons (Fsp3) is 1.00. The van der Waals surface area contributed by atoms with Crippen molar-refractivity contribution in [2.24, 2.45) is 0 Å². The van der Waals surface area contributed by atoms with E-state index in [1.807, 2.05) is 0 Å². The Morgan fingerprint density at radius 2 is 2.44 bits per heavy atom. The maximum Gasteiger partial charge on any atom is 0.0793 e. The van der Waals surface area contributed by atoms with E-state index in [2.05, 4.69) is 13.8 Å². The van der Waals surface area contributed by atoms with Gasteiger partial charge in [0.15, 0.2) is 0 Å². The largest absolute Gasteiger partial charge is 0.371 e. The molecule has 1 fully saturated rings. The van der Waals surface area contributed by atoms with Crippen LogP contribution in [-0.4, -0.2) is 17.6 Å². The summed E-state index contributed by atoms with van der Waals surface area (Å²) < 4.78 is 5.57. The average Bonchev–Trinajstić information content (AvgIpc) is 2.13. The first kappa shape index (κ1) is 7.36. The van der Waals surface area contributed by atoms with E-state index in [1.165, 1.54) is 0 Å². The minimum atomic E-state index is -0.0268. The van der Waals surface area contributed by atoms with E-state index in [0.29, 0.717) is 12.0 Å². The first-order valence-corrected chi connectivity index (χ1v) is 3.93. The molecule has 0 spiro atoms. The molecule has 0 unspecified atom stereocenters. The summed E-state index contributed by atoms with van der Waals surface area (Å²) in [7, 11) is 0. The average molecular weight is 149 g/mol. The first-order chi connectivity index (χ1) is 4.16. The Kier molecular flexibility index (Phi) is 2.02. The summed E-state index contributed by atoms with van der Waals surface area (Å²) in [5, 5.41) is 0. The lowest BCUT2D eigenvalue weighted by Gasteiger charge is -2.20. The van der Waals surface area contributed by atoms with Gasteiger partial charge in [0.05, 0.1) is 17.6 Å². The molecule has 1 saturated heterocycles. The normalized spacial score (nSPS) is 43.7. The fourth-order valence-electron chi connectivity index (χ4n) is 1.21. The molecular weight excluding hydrogens is 136 g/mol. The van der Waals surface area contributed by atoms with Crippen LogP contribution in [0.4, 0.5) is 0 Å². The van der Waals surface area contributed by atoms with Crippen molar-refractivity contribution in [3.8, 4) is 0 Å². The van der Waals surface area contributed by atoms with E-state index in [4.69, 9.17) is 16.3 Å². The lowest BCUT2D eigenvalue weighted by molar-refractivity contribution is -0.00415. The van der Waals surface area contributed by atoms with Crippen LogP contribution in [0.15, 0.2) is 0 Å². The van der Waals surface area contributed by atoms with Gasteiger partial charge >= 0.3 is 0 Å². The highest BCUT2D eigenvalue weighted by molar-refractivity contribution is 6.18. The van der Waals surface area contributed by atoms with Gasteiger partial charge in [0, 0.05) is 0 Å². The van der Waals surface area contributed by atoms with Crippen LogP contribution in [0.3, 0.4) is 0 Å². The summed E-state index contributed by atoms with van der Waals surface area (Å²) in [5.41, 5.74) is -0.0268. The minimum Gasteiger partial charge on any atom is -0.371 e. The molecule has 1 heterocycles. The monoisotopic (exact) mass is 148 g/mol. The van der Waals surface area contributed by atoms with Gasteiger partial charge in [-0.1, -0.05) is 0 Å². The molecule has 0 N–H and O–H groups in total. The van der Waals surface area contributed by atoms with Crippen LogP contribution in [-0.2, 0) is 4.74 Å². The molecular formula is C7H13ClO. The summed E-state index contributed by atoms with van der Waals surface area (Å²) in [6.07, 6.45) is 2.68. The predicted octanol–water partition coefficient (Wildman–Crippen LogP) is 2.18. The summed E-state index contributed by atoms with van der Waals surface area (Å²) >= 11 is 5.69. The molecule has 2 atom stereocenters. The highest BCUT2D eigenvalue weighted by Gasteiger charge is 2.32. The van der Waals surface area contributed by atoms with Crippen LogP contribution >= 0.6 is 11.6 Å². The van der Waals surface area contributed by atoms with E-state index in [9.17, 15) is 0 Å². The minimum absolute atomic E-state index is 0.0268. The van der Waals surface area contributed by atoms with Gasteiger partial charge in [0.25, 0.3) is 0 Å². The second-order valence-electron chi connectivity index (χ2n) is 3.05. The molecule has 0 bridgehead atoms. The zero-order valence-electron chi connectivity index (χ0n) is 5.98. The molecule has 0 aromatic carbocycles. The van der Waals surface area contributed by atoms with Gasteiger partial charge in [0.1, 0.15) is 0 Å². The van der Waals surface area contributed by atoms with Gasteiger partial charge < -0.3 is 4.74 Å². The highest BCUT2D eigenvalue weighted by atomic mass is 35.5. The third-order valence-corrected chi connectivity index (χ3v) is 2.41. The number of ether oxygens (including phenoxy) is 1. The van der Waals surface area contributed by atoms with Gasteiger partial charge in [-0.25, -0.2) is 0 Å². The topological polar surface area (TPSA) is 9.23 Å². The maximum absolute atomic E-state index is 5.69. The van der Waals surface area contributed by atoms with Crippen LogP contribution < -0.4 is 0 Å².